The van der Waals surface area contributed by atoms with E-state index in [0.717, 1.165) is 11.5 Å². The first-order valence-electron chi connectivity index (χ1n) is 4.68. The smallest absolute Gasteiger partial charge is 0.260 e. The molecule has 0 atom stereocenters. The van der Waals surface area contributed by atoms with Gasteiger partial charge in [-0.25, -0.2) is 4.98 Å². The lowest BCUT2D eigenvalue weighted by Gasteiger charge is -2.00. The van der Waals surface area contributed by atoms with Gasteiger partial charge < -0.3 is 4.42 Å². The Kier molecular flexibility index (Phi) is 1.94. The maximum atomic E-state index is 10.5. The van der Waals surface area contributed by atoms with Gasteiger partial charge in [-0.2, -0.15) is 0 Å². The molecule has 1 fully saturated rings. The number of oxazole rings is 1. The lowest BCUT2D eigenvalue weighted by Crippen LogP contribution is -1.90. The van der Waals surface area contributed by atoms with Crippen molar-refractivity contribution in [1.82, 2.24) is 4.98 Å². The van der Waals surface area contributed by atoms with Crippen LogP contribution in [0, 0.1) is 0 Å². The fourth-order valence-corrected chi connectivity index (χ4v) is 1.47. The van der Waals surface area contributed by atoms with E-state index in [-0.39, 0.29) is 5.89 Å². The van der Waals surface area contributed by atoms with E-state index in [1.54, 1.807) is 0 Å². The first kappa shape index (κ1) is 8.48. The standard InChI is InChI=1S/C10H13NO2/c1-6(2)10-9(7-3-4-7)11-8(5-12)13-10/h5-7H,3-4H2,1-2H3. The van der Waals surface area contributed by atoms with Crippen molar-refractivity contribution in [2.45, 2.75) is 38.5 Å². The lowest BCUT2D eigenvalue weighted by atomic mass is 10.1. The van der Waals surface area contributed by atoms with Crippen LogP contribution in [0.1, 0.15) is 60.7 Å². The predicted molar refractivity (Wildman–Crippen MR) is 48.0 cm³/mol. The van der Waals surface area contributed by atoms with Gasteiger partial charge in [0.2, 0.25) is 6.29 Å². The van der Waals surface area contributed by atoms with Crippen LogP contribution in [-0.2, 0) is 0 Å². The third-order valence-corrected chi connectivity index (χ3v) is 2.29. The van der Waals surface area contributed by atoms with Gasteiger partial charge >= 0.3 is 0 Å². The topological polar surface area (TPSA) is 43.1 Å². The van der Waals surface area contributed by atoms with Gasteiger partial charge in [-0.05, 0) is 12.8 Å². The van der Waals surface area contributed by atoms with E-state index in [1.165, 1.54) is 12.8 Å². The molecular weight excluding hydrogens is 166 g/mol. The first-order valence-corrected chi connectivity index (χ1v) is 4.68. The molecule has 0 spiro atoms. The minimum atomic E-state index is 0.227. The summed E-state index contributed by atoms with van der Waals surface area (Å²) < 4.78 is 5.35. The lowest BCUT2D eigenvalue weighted by molar-refractivity contribution is 0.109. The van der Waals surface area contributed by atoms with Crippen LogP contribution in [0.25, 0.3) is 0 Å². The van der Waals surface area contributed by atoms with E-state index in [2.05, 4.69) is 18.8 Å². The molecule has 0 N–H and O–H groups in total. The van der Waals surface area contributed by atoms with Gasteiger partial charge in [-0.3, -0.25) is 4.79 Å². The minimum absolute atomic E-state index is 0.227. The molecule has 1 aliphatic rings. The SMILES string of the molecule is CC(C)c1oc(C=O)nc1C1CC1. The summed E-state index contributed by atoms with van der Waals surface area (Å²) >= 11 is 0. The number of aldehydes is 1. The molecule has 1 heterocycles. The maximum Gasteiger partial charge on any atom is 0.260 e. The van der Waals surface area contributed by atoms with Gasteiger partial charge in [0.25, 0.3) is 5.89 Å². The second-order valence-electron chi connectivity index (χ2n) is 3.85. The monoisotopic (exact) mass is 179 g/mol. The molecule has 2 rings (SSSR count). The molecule has 3 nitrogen and oxygen atoms in total. The first-order chi connectivity index (χ1) is 6.22. The second-order valence-corrected chi connectivity index (χ2v) is 3.85. The average molecular weight is 179 g/mol. The Labute approximate surface area is 77.2 Å². The third kappa shape index (κ3) is 1.50. The highest BCUT2D eigenvalue weighted by molar-refractivity contribution is 5.67. The highest BCUT2D eigenvalue weighted by Crippen LogP contribution is 2.42. The molecule has 1 aromatic heterocycles. The average Bonchev–Trinajstić information content (AvgIpc) is 2.84. The molecule has 1 aliphatic carbocycles. The molecule has 0 amide bonds. The van der Waals surface area contributed by atoms with Crippen molar-refractivity contribution in [2.24, 2.45) is 0 Å². The Morgan fingerprint density at radius 2 is 2.23 bits per heavy atom. The summed E-state index contributed by atoms with van der Waals surface area (Å²) in [6.07, 6.45) is 3.05. The molecule has 1 aromatic rings. The Hall–Kier alpha value is -1.12. The normalized spacial score (nSPS) is 16.5. The largest absolute Gasteiger partial charge is 0.439 e. The van der Waals surface area contributed by atoms with Crippen LogP contribution >= 0.6 is 0 Å². The molecule has 0 aromatic carbocycles. The van der Waals surface area contributed by atoms with Crippen molar-refractivity contribution in [1.29, 1.82) is 0 Å². The number of aromatic nitrogens is 1. The number of carbonyl (C=O) groups excluding carboxylic acids is 1. The second kappa shape index (κ2) is 2.98. The zero-order valence-electron chi connectivity index (χ0n) is 7.91. The number of nitrogens with zero attached hydrogens (tertiary/aromatic N) is 1. The summed E-state index contributed by atoms with van der Waals surface area (Å²) in [7, 11) is 0. The fraction of sp³-hybridized carbons (Fsp3) is 0.600. The molecule has 1 saturated carbocycles. The van der Waals surface area contributed by atoms with Crippen LogP contribution in [-0.4, -0.2) is 11.3 Å². The summed E-state index contributed by atoms with van der Waals surface area (Å²) in [6, 6.07) is 0. The van der Waals surface area contributed by atoms with E-state index >= 15 is 0 Å². The molecule has 0 unspecified atom stereocenters. The maximum absolute atomic E-state index is 10.5. The Bertz CT molecular complexity index is 304. The van der Waals surface area contributed by atoms with Gasteiger partial charge in [0.1, 0.15) is 5.76 Å². The molecule has 0 bridgehead atoms. The molecule has 0 aliphatic heterocycles. The zero-order valence-corrected chi connectivity index (χ0v) is 7.91. The molecule has 0 saturated heterocycles. The van der Waals surface area contributed by atoms with Crippen molar-refractivity contribution in [3.63, 3.8) is 0 Å². The highest BCUT2D eigenvalue weighted by Gasteiger charge is 2.31. The van der Waals surface area contributed by atoms with Crippen molar-refractivity contribution in [2.75, 3.05) is 0 Å². The number of hydrogen-bond donors (Lipinski definition) is 0. The number of hydrogen-bond acceptors (Lipinski definition) is 3. The fourth-order valence-electron chi connectivity index (χ4n) is 1.47. The van der Waals surface area contributed by atoms with Gasteiger partial charge in [-0.1, -0.05) is 13.8 Å². The summed E-state index contributed by atoms with van der Waals surface area (Å²) in [5.41, 5.74) is 1.01. The predicted octanol–water partition coefficient (Wildman–Crippen LogP) is 2.49. The molecular formula is C10H13NO2. The quantitative estimate of drug-likeness (QED) is 0.669. The summed E-state index contributed by atoms with van der Waals surface area (Å²) in [4.78, 5) is 14.7. The van der Waals surface area contributed by atoms with Crippen LogP contribution in [0.5, 0.6) is 0 Å². The van der Waals surface area contributed by atoms with Gasteiger partial charge in [-0.15, -0.1) is 0 Å². The Balaban J connectivity index is 2.38. The Morgan fingerprint density at radius 3 is 2.69 bits per heavy atom. The van der Waals surface area contributed by atoms with Gasteiger partial charge in [0.05, 0.1) is 5.69 Å². The molecule has 70 valence electrons. The van der Waals surface area contributed by atoms with Crippen LogP contribution < -0.4 is 0 Å². The van der Waals surface area contributed by atoms with Crippen LogP contribution in [0.2, 0.25) is 0 Å². The molecule has 3 heteroatoms. The number of rotatable bonds is 3. The van der Waals surface area contributed by atoms with Crippen LogP contribution in [0.3, 0.4) is 0 Å². The zero-order chi connectivity index (χ0) is 9.42. The van der Waals surface area contributed by atoms with Crippen molar-refractivity contribution in [3.05, 3.63) is 17.3 Å². The van der Waals surface area contributed by atoms with Crippen molar-refractivity contribution in [3.8, 4) is 0 Å². The molecule has 13 heavy (non-hydrogen) atoms. The summed E-state index contributed by atoms with van der Waals surface area (Å²) in [6.45, 7) is 4.11. The van der Waals surface area contributed by atoms with Crippen molar-refractivity contribution >= 4 is 6.29 Å². The van der Waals surface area contributed by atoms with Crippen LogP contribution in [0.15, 0.2) is 4.42 Å². The van der Waals surface area contributed by atoms with Gasteiger partial charge in [0, 0.05) is 11.8 Å². The van der Waals surface area contributed by atoms with E-state index in [4.69, 9.17) is 4.42 Å². The molecule has 0 radical (unpaired) electrons. The summed E-state index contributed by atoms with van der Waals surface area (Å²) in [5.74, 6) is 1.99. The van der Waals surface area contributed by atoms with Gasteiger partial charge in [0.15, 0.2) is 0 Å². The van der Waals surface area contributed by atoms with E-state index in [0.29, 0.717) is 18.1 Å². The van der Waals surface area contributed by atoms with E-state index in [1.807, 2.05) is 0 Å². The van der Waals surface area contributed by atoms with E-state index in [9.17, 15) is 4.79 Å². The third-order valence-electron chi connectivity index (χ3n) is 2.29. The van der Waals surface area contributed by atoms with E-state index < -0.39 is 0 Å². The van der Waals surface area contributed by atoms with Crippen molar-refractivity contribution < 1.29 is 9.21 Å². The van der Waals surface area contributed by atoms with Crippen LogP contribution in [0.4, 0.5) is 0 Å². The number of carbonyl (C=O) groups is 1. The highest BCUT2D eigenvalue weighted by atomic mass is 16.4. The Morgan fingerprint density at radius 1 is 1.54 bits per heavy atom. The minimum Gasteiger partial charge on any atom is -0.439 e. The summed E-state index contributed by atoms with van der Waals surface area (Å²) in [5, 5.41) is 0.